The number of rotatable bonds is 5. The molecule has 1 aromatic heterocycles. The molecule has 0 spiro atoms. The summed E-state index contributed by atoms with van der Waals surface area (Å²) in [4.78, 5) is 31.4. The topological polar surface area (TPSA) is 62.3 Å². The van der Waals surface area contributed by atoms with E-state index in [0.29, 0.717) is 12.2 Å². The summed E-state index contributed by atoms with van der Waals surface area (Å²) in [5.41, 5.74) is 1.40. The van der Waals surface area contributed by atoms with Crippen LogP contribution in [0.25, 0.3) is 0 Å². The van der Waals surface area contributed by atoms with Gasteiger partial charge in [-0.1, -0.05) is 43.5 Å². The highest BCUT2D eigenvalue weighted by Gasteiger charge is 2.21. The Morgan fingerprint density at radius 3 is 2.38 bits per heavy atom. The first-order valence-electron chi connectivity index (χ1n) is 9.34. The number of amides is 2. The van der Waals surface area contributed by atoms with Crippen molar-refractivity contribution in [2.45, 2.75) is 45.1 Å². The zero-order valence-electron chi connectivity index (χ0n) is 15.1. The second kappa shape index (κ2) is 8.61. The molecule has 0 atom stereocenters. The van der Waals surface area contributed by atoms with Gasteiger partial charge in [0.25, 0.3) is 11.8 Å². The molecule has 0 bridgehead atoms. The number of carbonyl (C=O) groups excluding carboxylic acids is 2. The molecule has 1 N–H and O–H groups in total. The maximum atomic E-state index is 12.9. The van der Waals surface area contributed by atoms with Crippen molar-refractivity contribution in [1.29, 1.82) is 0 Å². The molecule has 0 saturated heterocycles. The van der Waals surface area contributed by atoms with Crippen molar-refractivity contribution in [3.05, 3.63) is 59.9 Å². The van der Waals surface area contributed by atoms with Gasteiger partial charge in [-0.05, 0) is 44.0 Å². The normalized spacial score (nSPS) is 14.7. The molecule has 136 valence electrons. The summed E-state index contributed by atoms with van der Waals surface area (Å²) in [7, 11) is 0. The van der Waals surface area contributed by atoms with Crippen LogP contribution < -0.4 is 10.2 Å². The second-order valence-corrected chi connectivity index (χ2v) is 6.60. The lowest BCUT2D eigenvalue weighted by Crippen LogP contribution is -2.37. The minimum atomic E-state index is -0.203. The van der Waals surface area contributed by atoms with Crippen LogP contribution in [0.1, 0.15) is 60.0 Å². The van der Waals surface area contributed by atoms with Crippen LogP contribution in [-0.4, -0.2) is 29.4 Å². The molecule has 1 aromatic carbocycles. The molecule has 0 radical (unpaired) electrons. The number of carbonyl (C=O) groups is 2. The zero-order valence-corrected chi connectivity index (χ0v) is 15.1. The SMILES string of the molecule is CCN(C(=O)c1cccc(C(=O)NC2CCCCC2)n1)c1ccccc1. The van der Waals surface area contributed by atoms with E-state index in [4.69, 9.17) is 0 Å². The first-order valence-corrected chi connectivity index (χ1v) is 9.34. The van der Waals surface area contributed by atoms with Gasteiger partial charge in [-0.25, -0.2) is 4.98 Å². The number of para-hydroxylation sites is 1. The van der Waals surface area contributed by atoms with Crippen molar-refractivity contribution < 1.29 is 9.59 Å². The summed E-state index contributed by atoms with van der Waals surface area (Å²) in [6.45, 7) is 2.45. The lowest BCUT2D eigenvalue weighted by molar-refractivity contribution is 0.0922. The maximum Gasteiger partial charge on any atom is 0.276 e. The van der Waals surface area contributed by atoms with Gasteiger partial charge in [0.2, 0.25) is 0 Å². The fourth-order valence-electron chi connectivity index (χ4n) is 3.38. The van der Waals surface area contributed by atoms with E-state index in [2.05, 4.69) is 10.3 Å². The highest BCUT2D eigenvalue weighted by Crippen LogP contribution is 2.18. The van der Waals surface area contributed by atoms with E-state index < -0.39 is 0 Å². The Bertz CT molecular complexity index is 755. The van der Waals surface area contributed by atoms with Crippen molar-refractivity contribution in [3.63, 3.8) is 0 Å². The molecule has 2 aromatic rings. The van der Waals surface area contributed by atoms with Gasteiger partial charge in [0.05, 0.1) is 0 Å². The Hall–Kier alpha value is -2.69. The van der Waals surface area contributed by atoms with E-state index in [1.54, 1.807) is 23.1 Å². The Morgan fingerprint density at radius 2 is 1.69 bits per heavy atom. The summed E-state index contributed by atoms with van der Waals surface area (Å²) in [6.07, 6.45) is 5.57. The smallest absolute Gasteiger partial charge is 0.276 e. The van der Waals surface area contributed by atoms with Gasteiger partial charge >= 0.3 is 0 Å². The predicted octanol–water partition coefficient (Wildman–Crippen LogP) is 3.81. The van der Waals surface area contributed by atoms with Gasteiger partial charge in [-0.3, -0.25) is 9.59 Å². The molecule has 2 amide bonds. The molecule has 0 aliphatic heterocycles. The van der Waals surface area contributed by atoms with E-state index in [0.717, 1.165) is 31.4 Å². The first-order chi connectivity index (χ1) is 12.7. The van der Waals surface area contributed by atoms with Gasteiger partial charge in [0.1, 0.15) is 11.4 Å². The van der Waals surface area contributed by atoms with Crippen molar-refractivity contribution in [2.24, 2.45) is 0 Å². The second-order valence-electron chi connectivity index (χ2n) is 6.60. The summed E-state index contributed by atoms with van der Waals surface area (Å²) >= 11 is 0. The van der Waals surface area contributed by atoms with Gasteiger partial charge in [-0.15, -0.1) is 0 Å². The number of hydrogen-bond donors (Lipinski definition) is 1. The lowest BCUT2D eigenvalue weighted by Gasteiger charge is -2.23. The Morgan fingerprint density at radius 1 is 1.00 bits per heavy atom. The molecule has 3 rings (SSSR count). The van der Waals surface area contributed by atoms with Crippen LogP contribution in [0.5, 0.6) is 0 Å². The van der Waals surface area contributed by atoms with Crippen molar-refractivity contribution in [1.82, 2.24) is 10.3 Å². The molecule has 1 heterocycles. The van der Waals surface area contributed by atoms with E-state index in [-0.39, 0.29) is 23.6 Å². The van der Waals surface area contributed by atoms with Crippen molar-refractivity contribution >= 4 is 17.5 Å². The van der Waals surface area contributed by atoms with Crippen LogP contribution in [0.3, 0.4) is 0 Å². The van der Waals surface area contributed by atoms with Crippen LogP contribution in [0.2, 0.25) is 0 Å². The van der Waals surface area contributed by atoms with Gasteiger partial charge < -0.3 is 10.2 Å². The maximum absolute atomic E-state index is 12.9. The van der Waals surface area contributed by atoms with Crippen molar-refractivity contribution in [2.75, 3.05) is 11.4 Å². The van der Waals surface area contributed by atoms with Gasteiger partial charge in [-0.2, -0.15) is 0 Å². The Kier molecular flexibility index (Phi) is 6.00. The molecule has 26 heavy (non-hydrogen) atoms. The number of hydrogen-bond acceptors (Lipinski definition) is 3. The van der Waals surface area contributed by atoms with Crippen LogP contribution in [0.4, 0.5) is 5.69 Å². The molecule has 5 nitrogen and oxygen atoms in total. The highest BCUT2D eigenvalue weighted by molar-refractivity contribution is 6.05. The first kappa shape index (κ1) is 18.1. The molecule has 1 aliphatic carbocycles. The van der Waals surface area contributed by atoms with E-state index in [9.17, 15) is 9.59 Å². The molecule has 0 unspecified atom stereocenters. The highest BCUT2D eigenvalue weighted by atomic mass is 16.2. The fourth-order valence-corrected chi connectivity index (χ4v) is 3.38. The third kappa shape index (κ3) is 4.28. The minimum absolute atomic E-state index is 0.200. The third-order valence-corrected chi connectivity index (χ3v) is 4.77. The lowest BCUT2D eigenvalue weighted by atomic mass is 9.95. The largest absolute Gasteiger partial charge is 0.348 e. The van der Waals surface area contributed by atoms with E-state index in [1.165, 1.54) is 6.42 Å². The van der Waals surface area contributed by atoms with Gasteiger partial charge in [0, 0.05) is 18.3 Å². The predicted molar refractivity (Wildman–Crippen MR) is 102 cm³/mol. The molecular formula is C21H25N3O2. The molecule has 1 aliphatic rings. The fraction of sp³-hybridized carbons (Fsp3) is 0.381. The Labute approximate surface area is 154 Å². The third-order valence-electron chi connectivity index (χ3n) is 4.77. The average Bonchev–Trinajstić information content (AvgIpc) is 2.70. The summed E-state index contributed by atoms with van der Waals surface area (Å²) < 4.78 is 0. The van der Waals surface area contributed by atoms with E-state index >= 15 is 0 Å². The summed E-state index contributed by atoms with van der Waals surface area (Å²) in [5, 5.41) is 3.05. The molecule has 1 saturated carbocycles. The minimum Gasteiger partial charge on any atom is -0.348 e. The zero-order chi connectivity index (χ0) is 18.4. The summed E-state index contributed by atoms with van der Waals surface area (Å²) in [5.74, 6) is -0.402. The van der Waals surface area contributed by atoms with Crippen LogP contribution in [0.15, 0.2) is 48.5 Å². The number of pyridine rings is 1. The standard InChI is InChI=1S/C21H25N3O2/c1-2-24(17-12-7-4-8-13-17)21(26)19-15-9-14-18(23-19)20(25)22-16-10-5-3-6-11-16/h4,7-9,12-16H,2-3,5-6,10-11H2,1H3,(H,22,25). The van der Waals surface area contributed by atoms with Crippen LogP contribution in [0, 0.1) is 0 Å². The molecule has 1 fully saturated rings. The monoisotopic (exact) mass is 351 g/mol. The van der Waals surface area contributed by atoms with Crippen LogP contribution >= 0.6 is 0 Å². The number of anilines is 1. The van der Waals surface area contributed by atoms with Crippen molar-refractivity contribution in [3.8, 4) is 0 Å². The molecule has 5 heteroatoms. The van der Waals surface area contributed by atoms with Gasteiger partial charge in [0.15, 0.2) is 0 Å². The number of nitrogens with one attached hydrogen (secondary N) is 1. The number of nitrogens with zero attached hydrogens (tertiary/aromatic N) is 2. The average molecular weight is 351 g/mol. The quantitative estimate of drug-likeness (QED) is 0.891. The van der Waals surface area contributed by atoms with Crippen LogP contribution in [-0.2, 0) is 0 Å². The summed E-state index contributed by atoms with van der Waals surface area (Å²) in [6, 6.07) is 14.7. The number of aromatic nitrogens is 1. The number of benzene rings is 1. The van der Waals surface area contributed by atoms with E-state index in [1.807, 2.05) is 37.3 Å². The Balaban J connectivity index is 1.75. The molecular weight excluding hydrogens is 326 g/mol.